The molecule has 0 bridgehead atoms. The van der Waals surface area contributed by atoms with E-state index in [4.69, 9.17) is 0 Å². The number of alkyl halides is 3. The molecule has 1 aliphatic carbocycles. The van der Waals surface area contributed by atoms with Crippen LogP contribution < -0.4 is 5.32 Å². The van der Waals surface area contributed by atoms with Crippen molar-refractivity contribution in [3.8, 4) is 0 Å². The van der Waals surface area contributed by atoms with Crippen LogP contribution in [-0.4, -0.2) is 38.0 Å². The summed E-state index contributed by atoms with van der Waals surface area (Å²) in [7, 11) is -3.34. The standard InChI is InChI=1S/C13H16F3NO3S/c1-21(19,20)10-4-2-9(3-5-10)11(18)8-17-12(6-7-12)13(14,15)16/h2-5,11,17-18H,6-8H2,1H3. The van der Waals surface area contributed by atoms with Gasteiger partial charge < -0.3 is 10.4 Å². The molecular formula is C13H16F3NO3S. The SMILES string of the molecule is CS(=O)(=O)c1ccc(C(O)CNC2(C(F)(F)F)CC2)cc1. The molecule has 118 valence electrons. The topological polar surface area (TPSA) is 66.4 Å². The van der Waals surface area contributed by atoms with Gasteiger partial charge in [0.05, 0.1) is 11.0 Å². The van der Waals surface area contributed by atoms with Gasteiger partial charge in [-0.05, 0) is 30.5 Å². The van der Waals surface area contributed by atoms with Gasteiger partial charge in [0, 0.05) is 12.8 Å². The van der Waals surface area contributed by atoms with E-state index in [1.807, 2.05) is 0 Å². The van der Waals surface area contributed by atoms with Crippen LogP contribution in [-0.2, 0) is 9.84 Å². The second-order valence-electron chi connectivity index (χ2n) is 5.32. The molecule has 2 rings (SSSR count). The fourth-order valence-corrected chi connectivity index (χ4v) is 2.66. The summed E-state index contributed by atoms with van der Waals surface area (Å²) in [6, 6.07) is 5.45. The molecule has 1 fully saturated rings. The highest BCUT2D eigenvalue weighted by atomic mass is 32.2. The van der Waals surface area contributed by atoms with E-state index in [-0.39, 0.29) is 24.3 Å². The average Bonchev–Trinajstić information content (AvgIpc) is 3.15. The molecule has 0 amide bonds. The van der Waals surface area contributed by atoms with E-state index in [1.165, 1.54) is 24.3 Å². The molecular weight excluding hydrogens is 307 g/mol. The highest BCUT2D eigenvalue weighted by molar-refractivity contribution is 7.90. The molecule has 1 aromatic rings. The minimum Gasteiger partial charge on any atom is -0.387 e. The zero-order chi connectivity index (χ0) is 15.9. The molecule has 0 saturated heterocycles. The van der Waals surface area contributed by atoms with Crippen LogP contribution in [0, 0.1) is 0 Å². The van der Waals surface area contributed by atoms with E-state index in [0.29, 0.717) is 5.56 Å². The second-order valence-corrected chi connectivity index (χ2v) is 7.33. The first-order valence-electron chi connectivity index (χ1n) is 6.35. The molecule has 0 heterocycles. The Hall–Kier alpha value is -1.12. The van der Waals surface area contributed by atoms with E-state index < -0.39 is 27.7 Å². The summed E-state index contributed by atoms with van der Waals surface area (Å²) in [5.41, 5.74) is -1.51. The third-order valence-electron chi connectivity index (χ3n) is 3.62. The van der Waals surface area contributed by atoms with Crippen molar-refractivity contribution in [3.05, 3.63) is 29.8 Å². The van der Waals surface area contributed by atoms with Crippen LogP contribution in [0.4, 0.5) is 13.2 Å². The van der Waals surface area contributed by atoms with Gasteiger partial charge >= 0.3 is 6.18 Å². The summed E-state index contributed by atoms with van der Waals surface area (Å²) in [6.45, 7) is -0.238. The fraction of sp³-hybridized carbons (Fsp3) is 0.538. The van der Waals surface area contributed by atoms with Crippen molar-refractivity contribution in [3.63, 3.8) is 0 Å². The Kier molecular flexibility index (Phi) is 4.07. The maximum absolute atomic E-state index is 12.7. The smallest absolute Gasteiger partial charge is 0.387 e. The van der Waals surface area contributed by atoms with Crippen LogP contribution >= 0.6 is 0 Å². The van der Waals surface area contributed by atoms with E-state index in [0.717, 1.165) is 6.26 Å². The van der Waals surface area contributed by atoms with Crippen molar-refractivity contribution >= 4 is 9.84 Å². The van der Waals surface area contributed by atoms with Gasteiger partial charge in [0.1, 0.15) is 5.54 Å². The first-order chi connectivity index (χ1) is 9.55. The number of β-amino-alcohol motifs (C(OH)–C–C–N with tert-alkyl or cyclic N) is 1. The number of rotatable bonds is 5. The zero-order valence-corrected chi connectivity index (χ0v) is 12.1. The van der Waals surface area contributed by atoms with Crippen LogP contribution in [0.2, 0.25) is 0 Å². The molecule has 1 aromatic carbocycles. The van der Waals surface area contributed by atoms with Crippen molar-refractivity contribution in [2.24, 2.45) is 0 Å². The molecule has 1 unspecified atom stereocenters. The van der Waals surface area contributed by atoms with Gasteiger partial charge in [-0.25, -0.2) is 8.42 Å². The Morgan fingerprint density at radius 1 is 1.29 bits per heavy atom. The Morgan fingerprint density at radius 3 is 2.19 bits per heavy atom. The normalized spacial score (nSPS) is 19.3. The van der Waals surface area contributed by atoms with Crippen molar-refractivity contribution in [2.45, 2.75) is 35.6 Å². The molecule has 0 aromatic heterocycles. The lowest BCUT2D eigenvalue weighted by Crippen LogP contribution is -2.46. The zero-order valence-electron chi connectivity index (χ0n) is 11.3. The maximum Gasteiger partial charge on any atom is 0.406 e. The van der Waals surface area contributed by atoms with Crippen LogP contribution in [0.25, 0.3) is 0 Å². The second kappa shape index (κ2) is 5.26. The number of nitrogens with one attached hydrogen (secondary N) is 1. The third-order valence-corrected chi connectivity index (χ3v) is 4.75. The Balaban J connectivity index is 2.00. The number of hydrogen-bond acceptors (Lipinski definition) is 4. The fourth-order valence-electron chi connectivity index (χ4n) is 2.03. The Morgan fingerprint density at radius 2 is 1.81 bits per heavy atom. The first-order valence-corrected chi connectivity index (χ1v) is 8.24. The molecule has 4 nitrogen and oxygen atoms in total. The first kappa shape index (κ1) is 16.3. The number of sulfone groups is 1. The predicted octanol–water partition coefficient (Wildman–Crippen LogP) is 1.81. The largest absolute Gasteiger partial charge is 0.406 e. The van der Waals surface area contributed by atoms with Gasteiger partial charge in [-0.1, -0.05) is 12.1 Å². The Bertz CT molecular complexity index is 607. The van der Waals surface area contributed by atoms with Crippen LogP contribution in [0.1, 0.15) is 24.5 Å². The van der Waals surface area contributed by atoms with Gasteiger partial charge in [0.15, 0.2) is 9.84 Å². The van der Waals surface area contributed by atoms with Gasteiger partial charge in [-0.15, -0.1) is 0 Å². The lowest BCUT2D eigenvalue weighted by atomic mass is 10.1. The highest BCUT2D eigenvalue weighted by Gasteiger charge is 2.63. The van der Waals surface area contributed by atoms with Gasteiger partial charge in [-0.3, -0.25) is 0 Å². The molecule has 0 radical (unpaired) electrons. The van der Waals surface area contributed by atoms with Crippen LogP contribution in [0.3, 0.4) is 0 Å². The van der Waals surface area contributed by atoms with Gasteiger partial charge in [0.25, 0.3) is 0 Å². The van der Waals surface area contributed by atoms with Crippen molar-refractivity contribution in [2.75, 3.05) is 12.8 Å². The average molecular weight is 323 g/mol. The van der Waals surface area contributed by atoms with Gasteiger partial charge in [-0.2, -0.15) is 13.2 Å². The molecule has 0 spiro atoms. The number of aliphatic hydroxyl groups excluding tert-OH is 1. The van der Waals surface area contributed by atoms with Gasteiger partial charge in [0.2, 0.25) is 0 Å². The number of benzene rings is 1. The van der Waals surface area contributed by atoms with Crippen molar-refractivity contribution in [1.82, 2.24) is 5.32 Å². The summed E-state index contributed by atoms with van der Waals surface area (Å²) in [5.74, 6) is 0. The summed E-state index contributed by atoms with van der Waals surface area (Å²) in [4.78, 5) is 0.0976. The lowest BCUT2D eigenvalue weighted by molar-refractivity contribution is -0.166. The molecule has 8 heteroatoms. The van der Waals surface area contributed by atoms with Crippen LogP contribution in [0.5, 0.6) is 0 Å². The summed E-state index contributed by atoms with van der Waals surface area (Å²) in [6.07, 6.45) is -4.38. The number of hydrogen-bond donors (Lipinski definition) is 2. The molecule has 1 atom stereocenters. The molecule has 0 aliphatic heterocycles. The quantitative estimate of drug-likeness (QED) is 0.867. The molecule has 2 N–H and O–H groups in total. The van der Waals surface area contributed by atoms with E-state index in [1.54, 1.807) is 0 Å². The minimum absolute atomic E-state index is 0.0102. The van der Waals surface area contributed by atoms with Crippen LogP contribution in [0.15, 0.2) is 29.2 Å². The molecule has 1 saturated carbocycles. The summed E-state index contributed by atoms with van der Waals surface area (Å²) < 4.78 is 60.7. The third kappa shape index (κ3) is 3.56. The summed E-state index contributed by atoms with van der Waals surface area (Å²) in [5, 5.41) is 12.3. The minimum atomic E-state index is -4.33. The number of halogens is 3. The Labute approximate surface area is 120 Å². The number of aliphatic hydroxyl groups is 1. The monoisotopic (exact) mass is 323 g/mol. The van der Waals surface area contributed by atoms with Crippen molar-refractivity contribution < 1.29 is 26.7 Å². The van der Waals surface area contributed by atoms with E-state index in [2.05, 4.69) is 5.32 Å². The predicted molar refractivity (Wildman–Crippen MR) is 70.5 cm³/mol. The maximum atomic E-state index is 12.7. The molecule has 21 heavy (non-hydrogen) atoms. The summed E-state index contributed by atoms with van der Waals surface area (Å²) >= 11 is 0. The van der Waals surface area contributed by atoms with E-state index in [9.17, 15) is 26.7 Å². The van der Waals surface area contributed by atoms with Crippen molar-refractivity contribution in [1.29, 1.82) is 0 Å². The van der Waals surface area contributed by atoms with E-state index >= 15 is 0 Å². The highest BCUT2D eigenvalue weighted by Crippen LogP contribution is 2.49. The lowest BCUT2D eigenvalue weighted by Gasteiger charge is -2.22. The molecule has 1 aliphatic rings.